The number of hydrogen-bond donors (Lipinski definition) is 1. The zero-order chi connectivity index (χ0) is 12.3. The molecule has 1 fully saturated rings. The molecule has 1 saturated carbocycles. The van der Waals surface area contributed by atoms with Crippen LogP contribution in [0.2, 0.25) is 10.0 Å². The SMILES string of the molecule is CCC1(CNc2ncc(Cl)cc2Cl)CCCC1. The fourth-order valence-corrected chi connectivity index (χ4v) is 3.04. The first-order chi connectivity index (χ1) is 8.15. The highest BCUT2D eigenvalue weighted by Crippen LogP contribution is 2.41. The van der Waals surface area contributed by atoms with Crippen molar-refractivity contribution >= 4 is 29.0 Å². The molecule has 17 heavy (non-hydrogen) atoms. The van der Waals surface area contributed by atoms with E-state index in [9.17, 15) is 0 Å². The van der Waals surface area contributed by atoms with Gasteiger partial charge in [0.1, 0.15) is 5.82 Å². The molecule has 0 radical (unpaired) electrons. The zero-order valence-electron chi connectivity index (χ0n) is 10.1. The number of pyridine rings is 1. The molecular formula is C13H18Cl2N2. The topological polar surface area (TPSA) is 24.9 Å². The van der Waals surface area contributed by atoms with E-state index in [1.807, 2.05) is 0 Å². The van der Waals surface area contributed by atoms with E-state index in [0.29, 0.717) is 15.5 Å². The van der Waals surface area contributed by atoms with Gasteiger partial charge >= 0.3 is 0 Å². The molecule has 1 heterocycles. The molecule has 1 aliphatic rings. The molecule has 1 aromatic rings. The van der Waals surface area contributed by atoms with Gasteiger partial charge in [0, 0.05) is 12.7 Å². The summed E-state index contributed by atoms with van der Waals surface area (Å²) in [5.41, 5.74) is 0.435. The van der Waals surface area contributed by atoms with Crippen molar-refractivity contribution in [3.8, 4) is 0 Å². The summed E-state index contributed by atoms with van der Waals surface area (Å²) in [6, 6.07) is 1.73. The smallest absolute Gasteiger partial charge is 0.144 e. The molecule has 0 aliphatic heterocycles. The van der Waals surface area contributed by atoms with E-state index in [1.54, 1.807) is 12.3 Å². The molecule has 1 aliphatic carbocycles. The lowest BCUT2D eigenvalue weighted by Gasteiger charge is -2.28. The lowest BCUT2D eigenvalue weighted by Crippen LogP contribution is -2.26. The lowest BCUT2D eigenvalue weighted by atomic mass is 9.83. The van der Waals surface area contributed by atoms with Crippen molar-refractivity contribution < 1.29 is 0 Å². The van der Waals surface area contributed by atoms with Crippen LogP contribution in [-0.4, -0.2) is 11.5 Å². The van der Waals surface area contributed by atoms with E-state index in [1.165, 1.54) is 32.1 Å². The fraction of sp³-hybridized carbons (Fsp3) is 0.615. The van der Waals surface area contributed by atoms with Crippen LogP contribution in [0.5, 0.6) is 0 Å². The van der Waals surface area contributed by atoms with Crippen LogP contribution in [0.3, 0.4) is 0 Å². The molecule has 1 aromatic heterocycles. The van der Waals surface area contributed by atoms with Crippen molar-refractivity contribution in [2.45, 2.75) is 39.0 Å². The normalized spacial score (nSPS) is 18.3. The summed E-state index contributed by atoms with van der Waals surface area (Å²) in [5, 5.41) is 4.55. The molecule has 0 bridgehead atoms. The highest BCUT2D eigenvalue weighted by atomic mass is 35.5. The second-order valence-electron chi connectivity index (χ2n) is 4.90. The Balaban J connectivity index is 2.01. The Kier molecular flexibility index (Phi) is 4.16. The van der Waals surface area contributed by atoms with E-state index in [2.05, 4.69) is 17.2 Å². The molecule has 0 spiro atoms. The summed E-state index contributed by atoms with van der Waals surface area (Å²) < 4.78 is 0. The summed E-state index contributed by atoms with van der Waals surface area (Å²) in [6.45, 7) is 3.22. The largest absolute Gasteiger partial charge is 0.368 e. The predicted molar refractivity (Wildman–Crippen MR) is 73.9 cm³/mol. The Morgan fingerprint density at radius 1 is 1.35 bits per heavy atom. The van der Waals surface area contributed by atoms with E-state index in [-0.39, 0.29) is 0 Å². The van der Waals surface area contributed by atoms with Gasteiger partial charge in [0.25, 0.3) is 0 Å². The highest BCUT2D eigenvalue weighted by molar-refractivity contribution is 6.35. The second kappa shape index (κ2) is 5.45. The molecule has 0 atom stereocenters. The maximum Gasteiger partial charge on any atom is 0.144 e. The van der Waals surface area contributed by atoms with Gasteiger partial charge in [-0.1, -0.05) is 43.0 Å². The number of rotatable bonds is 4. The Morgan fingerprint density at radius 3 is 2.65 bits per heavy atom. The van der Waals surface area contributed by atoms with Crippen LogP contribution in [-0.2, 0) is 0 Å². The third-order valence-corrected chi connectivity index (χ3v) is 4.35. The quantitative estimate of drug-likeness (QED) is 0.854. The molecule has 94 valence electrons. The highest BCUT2D eigenvalue weighted by Gasteiger charge is 2.31. The van der Waals surface area contributed by atoms with Crippen LogP contribution in [0, 0.1) is 5.41 Å². The molecule has 0 amide bonds. The van der Waals surface area contributed by atoms with Gasteiger partial charge in [-0.3, -0.25) is 0 Å². The van der Waals surface area contributed by atoms with Gasteiger partial charge in [-0.15, -0.1) is 0 Å². The summed E-state index contributed by atoms with van der Waals surface area (Å²) in [6.07, 6.45) is 8.15. The molecule has 0 aromatic carbocycles. The van der Waals surface area contributed by atoms with Crippen molar-refractivity contribution in [2.24, 2.45) is 5.41 Å². The second-order valence-corrected chi connectivity index (χ2v) is 5.74. The minimum absolute atomic E-state index is 0.435. The average Bonchev–Trinajstić information content (AvgIpc) is 2.77. The van der Waals surface area contributed by atoms with Crippen LogP contribution in [0.1, 0.15) is 39.0 Å². The van der Waals surface area contributed by atoms with E-state index in [4.69, 9.17) is 23.2 Å². The number of aromatic nitrogens is 1. The van der Waals surface area contributed by atoms with Gasteiger partial charge in [-0.25, -0.2) is 4.98 Å². The van der Waals surface area contributed by atoms with Crippen LogP contribution >= 0.6 is 23.2 Å². The van der Waals surface area contributed by atoms with Gasteiger partial charge in [0.05, 0.1) is 10.0 Å². The minimum atomic E-state index is 0.435. The monoisotopic (exact) mass is 272 g/mol. The third kappa shape index (κ3) is 3.05. The predicted octanol–water partition coefficient (Wildman–Crippen LogP) is 4.77. The number of halogens is 2. The lowest BCUT2D eigenvalue weighted by molar-refractivity contribution is 0.306. The molecule has 2 rings (SSSR count). The molecule has 2 nitrogen and oxygen atoms in total. The Labute approximate surface area is 113 Å². The molecule has 0 unspecified atom stereocenters. The van der Waals surface area contributed by atoms with E-state index in [0.717, 1.165) is 12.4 Å². The van der Waals surface area contributed by atoms with E-state index >= 15 is 0 Å². The average molecular weight is 273 g/mol. The fourth-order valence-electron chi connectivity index (χ4n) is 2.60. The van der Waals surface area contributed by atoms with Gasteiger partial charge in [0.15, 0.2) is 0 Å². The Hall–Kier alpha value is -0.470. The summed E-state index contributed by atoms with van der Waals surface area (Å²) in [5.74, 6) is 0.746. The van der Waals surface area contributed by atoms with Crippen molar-refractivity contribution in [1.29, 1.82) is 0 Å². The number of nitrogens with zero attached hydrogens (tertiary/aromatic N) is 1. The third-order valence-electron chi connectivity index (χ3n) is 3.85. The Morgan fingerprint density at radius 2 is 2.06 bits per heavy atom. The molecule has 0 saturated heterocycles. The van der Waals surface area contributed by atoms with Gasteiger partial charge in [0.2, 0.25) is 0 Å². The maximum absolute atomic E-state index is 6.09. The number of anilines is 1. The van der Waals surface area contributed by atoms with Gasteiger partial charge in [-0.05, 0) is 30.7 Å². The summed E-state index contributed by atoms with van der Waals surface area (Å²) in [4.78, 5) is 4.23. The summed E-state index contributed by atoms with van der Waals surface area (Å²) >= 11 is 11.9. The Bertz CT molecular complexity index is 387. The van der Waals surface area contributed by atoms with Crippen molar-refractivity contribution in [1.82, 2.24) is 4.98 Å². The maximum atomic E-state index is 6.09. The standard InChI is InChI=1S/C13H18Cl2N2/c1-2-13(5-3-4-6-13)9-17-12-11(15)7-10(14)8-16-12/h7-8H,2-6,9H2,1H3,(H,16,17). The van der Waals surface area contributed by atoms with Crippen molar-refractivity contribution in [3.63, 3.8) is 0 Å². The van der Waals surface area contributed by atoms with Crippen LogP contribution < -0.4 is 5.32 Å². The van der Waals surface area contributed by atoms with Crippen molar-refractivity contribution in [3.05, 3.63) is 22.3 Å². The number of hydrogen-bond acceptors (Lipinski definition) is 2. The van der Waals surface area contributed by atoms with Gasteiger partial charge in [-0.2, -0.15) is 0 Å². The first-order valence-corrected chi connectivity index (χ1v) is 6.96. The van der Waals surface area contributed by atoms with Gasteiger partial charge < -0.3 is 5.32 Å². The first kappa shape index (κ1) is 13.0. The molecular weight excluding hydrogens is 255 g/mol. The summed E-state index contributed by atoms with van der Waals surface area (Å²) in [7, 11) is 0. The first-order valence-electron chi connectivity index (χ1n) is 6.20. The molecule has 1 N–H and O–H groups in total. The molecule has 4 heteroatoms. The van der Waals surface area contributed by atoms with E-state index < -0.39 is 0 Å². The zero-order valence-corrected chi connectivity index (χ0v) is 11.6. The van der Waals surface area contributed by atoms with Crippen LogP contribution in [0.15, 0.2) is 12.3 Å². The van der Waals surface area contributed by atoms with Crippen molar-refractivity contribution in [2.75, 3.05) is 11.9 Å². The minimum Gasteiger partial charge on any atom is -0.368 e. The number of nitrogens with one attached hydrogen (secondary N) is 1. The van der Waals surface area contributed by atoms with Crippen LogP contribution in [0.25, 0.3) is 0 Å². The van der Waals surface area contributed by atoms with Crippen LogP contribution in [0.4, 0.5) is 5.82 Å².